The third-order valence-electron chi connectivity index (χ3n) is 6.97. The molecule has 0 radical (unpaired) electrons. The number of carboxylic acids is 2. The fourth-order valence-electron chi connectivity index (χ4n) is 5.03. The summed E-state index contributed by atoms with van der Waals surface area (Å²) in [5.74, 6) is -1.37. The molecule has 11 heteroatoms. The van der Waals surface area contributed by atoms with Gasteiger partial charge in [0.15, 0.2) is 17.2 Å². The molecule has 2 amide bonds. The third-order valence-corrected chi connectivity index (χ3v) is 8.65. The molecule has 1 aliphatic rings. The Labute approximate surface area is 257 Å². The number of urea groups is 1. The fraction of sp³-hybridized carbons (Fsp3) is 0.219. The lowest BCUT2D eigenvalue weighted by Crippen LogP contribution is -2.44. The Morgan fingerprint density at radius 2 is 1.60 bits per heavy atom. The summed E-state index contributed by atoms with van der Waals surface area (Å²) in [5.41, 5.74) is 1.81. The van der Waals surface area contributed by atoms with E-state index < -0.39 is 18.5 Å². The molecule has 0 atom stereocenters. The van der Waals surface area contributed by atoms with Gasteiger partial charge in [0, 0.05) is 17.4 Å². The SMILES string of the molecule is O=C(O)COc1c(C(=O)O)sc(-c2cccc(N(C(=O)Nc3ccc(Oc4ccccc4)cc3)C3CCCCC3)c2)c1Cl. The minimum absolute atomic E-state index is 0.00674. The number of para-hydroxylation sites is 1. The summed E-state index contributed by atoms with van der Waals surface area (Å²) in [7, 11) is 0. The number of nitrogens with one attached hydrogen (secondary N) is 1. The number of carboxylic acid groups (broad SMARTS) is 2. The molecular formula is C32H29ClN2O7S. The number of aromatic carboxylic acids is 1. The zero-order chi connectivity index (χ0) is 30.3. The lowest BCUT2D eigenvalue weighted by atomic mass is 9.93. The van der Waals surface area contributed by atoms with Gasteiger partial charge in [-0.25, -0.2) is 14.4 Å². The highest BCUT2D eigenvalue weighted by Gasteiger charge is 2.29. The summed E-state index contributed by atoms with van der Waals surface area (Å²) in [6.45, 7) is -0.731. The number of ether oxygens (including phenoxy) is 2. The second kappa shape index (κ2) is 13.6. The van der Waals surface area contributed by atoms with Gasteiger partial charge in [0.1, 0.15) is 16.5 Å². The molecule has 5 rings (SSSR count). The minimum atomic E-state index is -1.28. The molecule has 3 aromatic carbocycles. The Bertz CT molecular complexity index is 1600. The fourth-order valence-corrected chi connectivity index (χ4v) is 6.43. The highest BCUT2D eigenvalue weighted by atomic mass is 35.5. The summed E-state index contributed by atoms with van der Waals surface area (Å²) < 4.78 is 11.1. The van der Waals surface area contributed by atoms with E-state index in [1.807, 2.05) is 36.4 Å². The van der Waals surface area contributed by atoms with Crippen molar-refractivity contribution in [1.29, 1.82) is 0 Å². The maximum absolute atomic E-state index is 13.8. The lowest BCUT2D eigenvalue weighted by molar-refractivity contribution is -0.139. The predicted molar refractivity (Wildman–Crippen MR) is 166 cm³/mol. The molecule has 1 saturated carbocycles. The second-order valence-corrected chi connectivity index (χ2v) is 11.4. The van der Waals surface area contributed by atoms with Crippen LogP contribution in [0.25, 0.3) is 10.4 Å². The van der Waals surface area contributed by atoms with Crippen LogP contribution < -0.4 is 19.7 Å². The Kier molecular flexibility index (Phi) is 9.48. The number of amides is 2. The molecule has 43 heavy (non-hydrogen) atoms. The average molecular weight is 621 g/mol. The molecule has 1 aromatic heterocycles. The maximum atomic E-state index is 13.8. The standard InChI is InChI=1S/C32H29ClN2O7S/c33-27-28(41-19-26(36)37)30(31(38)39)43-29(27)20-8-7-11-23(18-20)35(22-9-3-1-4-10-22)32(40)34-21-14-16-25(17-15-21)42-24-12-5-2-6-13-24/h2,5-8,11-18,22H,1,3-4,9-10,19H2,(H,34,40)(H,36,37)(H,38,39). The molecule has 1 fully saturated rings. The van der Waals surface area contributed by atoms with Crippen molar-refractivity contribution in [1.82, 2.24) is 0 Å². The molecule has 3 N–H and O–H groups in total. The number of benzene rings is 3. The molecule has 0 spiro atoms. The number of nitrogens with zero attached hydrogens (tertiary/aromatic N) is 1. The summed E-state index contributed by atoms with van der Waals surface area (Å²) in [6, 6.07) is 23.4. The number of carbonyl (C=O) groups excluding carboxylic acids is 1. The van der Waals surface area contributed by atoms with Crippen LogP contribution in [0.2, 0.25) is 5.02 Å². The Morgan fingerprint density at radius 3 is 2.28 bits per heavy atom. The molecule has 0 bridgehead atoms. The molecular weight excluding hydrogens is 592 g/mol. The molecule has 0 saturated heterocycles. The molecule has 0 aliphatic heterocycles. The van der Waals surface area contributed by atoms with Crippen LogP contribution in [0.5, 0.6) is 17.2 Å². The molecule has 4 aromatic rings. The van der Waals surface area contributed by atoms with E-state index in [0.717, 1.165) is 43.4 Å². The Morgan fingerprint density at radius 1 is 0.907 bits per heavy atom. The van der Waals surface area contributed by atoms with Crippen LogP contribution in [0.15, 0.2) is 78.9 Å². The highest BCUT2D eigenvalue weighted by molar-refractivity contribution is 7.18. The van der Waals surface area contributed by atoms with Crippen LogP contribution >= 0.6 is 22.9 Å². The van der Waals surface area contributed by atoms with Crippen molar-refractivity contribution in [2.45, 2.75) is 38.1 Å². The van der Waals surface area contributed by atoms with Crippen molar-refractivity contribution >= 4 is 52.3 Å². The molecule has 1 aliphatic carbocycles. The zero-order valence-electron chi connectivity index (χ0n) is 23.0. The van der Waals surface area contributed by atoms with E-state index in [2.05, 4.69) is 5.32 Å². The number of hydrogen-bond acceptors (Lipinski definition) is 6. The number of rotatable bonds is 10. The molecule has 0 unspecified atom stereocenters. The first kappa shape index (κ1) is 29.9. The van der Waals surface area contributed by atoms with Crippen molar-refractivity contribution in [3.05, 3.63) is 88.8 Å². The summed E-state index contributed by atoms with van der Waals surface area (Å²) >= 11 is 7.42. The number of hydrogen-bond donors (Lipinski definition) is 3. The van der Waals surface area contributed by atoms with E-state index in [-0.39, 0.29) is 27.7 Å². The molecule has 9 nitrogen and oxygen atoms in total. The van der Waals surface area contributed by atoms with Gasteiger partial charge in [-0.1, -0.05) is 61.2 Å². The van der Waals surface area contributed by atoms with Crippen LogP contribution in [-0.4, -0.2) is 40.8 Å². The molecule has 1 heterocycles. The summed E-state index contributed by atoms with van der Waals surface area (Å²) in [5, 5.41) is 21.7. The minimum Gasteiger partial charge on any atom is -0.479 e. The number of carbonyl (C=O) groups is 3. The van der Waals surface area contributed by atoms with Gasteiger partial charge >= 0.3 is 18.0 Å². The van der Waals surface area contributed by atoms with Crippen molar-refractivity contribution in [2.24, 2.45) is 0 Å². The predicted octanol–water partition coefficient (Wildman–Crippen LogP) is 8.39. The number of anilines is 2. The van der Waals surface area contributed by atoms with Crippen molar-refractivity contribution < 1.29 is 34.1 Å². The quantitative estimate of drug-likeness (QED) is 0.162. The number of aliphatic carboxylic acids is 1. The Hall–Kier alpha value is -4.54. The number of halogens is 1. The largest absolute Gasteiger partial charge is 0.479 e. The summed E-state index contributed by atoms with van der Waals surface area (Å²) in [4.78, 5) is 38.7. The maximum Gasteiger partial charge on any atom is 0.349 e. The van der Waals surface area contributed by atoms with E-state index in [1.165, 1.54) is 0 Å². The van der Waals surface area contributed by atoms with Crippen LogP contribution in [0.3, 0.4) is 0 Å². The van der Waals surface area contributed by atoms with E-state index in [9.17, 15) is 19.5 Å². The van der Waals surface area contributed by atoms with Gasteiger partial charge in [-0.05, 0) is 66.9 Å². The van der Waals surface area contributed by atoms with Gasteiger partial charge in [0.25, 0.3) is 0 Å². The van der Waals surface area contributed by atoms with Crippen LogP contribution in [0, 0.1) is 0 Å². The Balaban J connectivity index is 1.42. The van der Waals surface area contributed by atoms with Gasteiger partial charge in [-0.2, -0.15) is 0 Å². The van der Waals surface area contributed by atoms with Gasteiger partial charge in [0.05, 0.1) is 4.88 Å². The van der Waals surface area contributed by atoms with E-state index in [4.69, 9.17) is 26.2 Å². The van der Waals surface area contributed by atoms with Gasteiger partial charge in [0.2, 0.25) is 0 Å². The van der Waals surface area contributed by atoms with Crippen molar-refractivity contribution in [3.63, 3.8) is 0 Å². The highest BCUT2D eigenvalue weighted by Crippen LogP contribution is 2.46. The van der Waals surface area contributed by atoms with Gasteiger partial charge < -0.3 is 25.0 Å². The van der Waals surface area contributed by atoms with Crippen LogP contribution in [0.4, 0.5) is 16.2 Å². The topological polar surface area (TPSA) is 125 Å². The van der Waals surface area contributed by atoms with Crippen LogP contribution in [0.1, 0.15) is 41.8 Å². The first-order chi connectivity index (χ1) is 20.8. The summed E-state index contributed by atoms with van der Waals surface area (Å²) in [6.07, 6.45) is 4.80. The first-order valence-electron chi connectivity index (χ1n) is 13.7. The number of thiophene rings is 1. The lowest BCUT2D eigenvalue weighted by Gasteiger charge is -2.34. The van der Waals surface area contributed by atoms with Crippen LogP contribution in [-0.2, 0) is 4.79 Å². The molecule has 222 valence electrons. The third kappa shape index (κ3) is 7.28. The van der Waals surface area contributed by atoms with Crippen molar-refractivity contribution in [3.8, 4) is 27.7 Å². The van der Waals surface area contributed by atoms with Gasteiger partial charge in [-0.3, -0.25) is 4.90 Å². The second-order valence-electron chi connectivity index (χ2n) is 9.97. The van der Waals surface area contributed by atoms with E-state index in [0.29, 0.717) is 33.3 Å². The van der Waals surface area contributed by atoms with Gasteiger partial charge in [-0.15, -0.1) is 11.3 Å². The first-order valence-corrected chi connectivity index (χ1v) is 14.9. The van der Waals surface area contributed by atoms with Crippen molar-refractivity contribution in [2.75, 3.05) is 16.8 Å². The normalized spacial score (nSPS) is 13.2. The van der Waals surface area contributed by atoms with E-state index in [1.54, 1.807) is 47.4 Å². The zero-order valence-corrected chi connectivity index (χ0v) is 24.6. The average Bonchev–Trinajstić information content (AvgIpc) is 3.34. The van der Waals surface area contributed by atoms with E-state index >= 15 is 0 Å². The smallest absolute Gasteiger partial charge is 0.349 e. The monoisotopic (exact) mass is 620 g/mol.